The van der Waals surface area contributed by atoms with Gasteiger partial charge in [-0.2, -0.15) is 0 Å². The van der Waals surface area contributed by atoms with Gasteiger partial charge in [-0.05, 0) is 47.1 Å². The Bertz CT molecular complexity index is 393. The Hall–Kier alpha value is -0.160. The van der Waals surface area contributed by atoms with Crippen LogP contribution >= 0.6 is 38.6 Å². The van der Waals surface area contributed by atoms with Gasteiger partial charge in [0.05, 0.1) is 3.79 Å². The van der Waals surface area contributed by atoms with Crippen molar-refractivity contribution in [3.8, 4) is 0 Å². The lowest BCUT2D eigenvalue weighted by Gasteiger charge is -1.99. The van der Waals surface area contributed by atoms with Crippen LogP contribution in [0.2, 0.25) is 0 Å². The summed E-state index contributed by atoms with van der Waals surface area (Å²) in [7, 11) is 0. The maximum Gasteiger partial charge on any atom is 0.0701 e. The van der Waals surface area contributed by atoms with Crippen molar-refractivity contribution in [2.75, 3.05) is 0 Å². The first-order valence-electron chi connectivity index (χ1n) is 4.74. The molecule has 2 rings (SSSR count). The van der Waals surface area contributed by atoms with E-state index in [0.29, 0.717) is 0 Å². The topological polar surface area (TPSA) is 12.0 Å². The van der Waals surface area contributed by atoms with Gasteiger partial charge < -0.3 is 5.32 Å². The van der Waals surface area contributed by atoms with E-state index in [1.807, 2.05) is 11.3 Å². The van der Waals surface area contributed by atoms with Gasteiger partial charge in [0, 0.05) is 27.7 Å². The molecule has 0 spiro atoms. The summed E-state index contributed by atoms with van der Waals surface area (Å²) in [5.74, 6) is 0. The molecule has 0 amide bonds. The normalized spacial score (nSPS) is 10.8. The zero-order valence-electron chi connectivity index (χ0n) is 8.42. The van der Waals surface area contributed by atoms with E-state index in [0.717, 1.165) is 13.1 Å². The molecule has 0 saturated heterocycles. The molecule has 1 N–H and O–H groups in total. The van der Waals surface area contributed by atoms with E-state index in [1.165, 1.54) is 18.4 Å². The number of rotatable bonds is 4. The van der Waals surface area contributed by atoms with Crippen LogP contribution in [-0.4, -0.2) is 0 Å². The molecule has 15 heavy (non-hydrogen) atoms. The van der Waals surface area contributed by atoms with Crippen molar-refractivity contribution in [1.82, 2.24) is 5.32 Å². The van der Waals surface area contributed by atoms with Crippen LogP contribution in [0.25, 0.3) is 0 Å². The standard InChI is InChI=1S/C11H12BrNS2/c1-8-2-3-9(14-8)6-13-7-10-4-5-11(12)15-10/h2-5,13H,6-7H2,1H3. The summed E-state index contributed by atoms with van der Waals surface area (Å²) in [4.78, 5) is 4.16. The molecule has 0 atom stereocenters. The van der Waals surface area contributed by atoms with Gasteiger partial charge in [0.1, 0.15) is 0 Å². The van der Waals surface area contributed by atoms with Gasteiger partial charge in [0.15, 0.2) is 0 Å². The second-order valence-electron chi connectivity index (χ2n) is 3.32. The van der Waals surface area contributed by atoms with E-state index in [9.17, 15) is 0 Å². The van der Waals surface area contributed by atoms with Gasteiger partial charge >= 0.3 is 0 Å². The molecular weight excluding hydrogens is 290 g/mol. The van der Waals surface area contributed by atoms with Crippen LogP contribution in [0.3, 0.4) is 0 Å². The van der Waals surface area contributed by atoms with Crippen molar-refractivity contribution < 1.29 is 0 Å². The molecule has 0 radical (unpaired) electrons. The molecule has 0 bridgehead atoms. The van der Waals surface area contributed by atoms with E-state index in [1.54, 1.807) is 11.3 Å². The number of aryl methyl sites for hydroxylation is 1. The molecule has 4 heteroatoms. The van der Waals surface area contributed by atoms with Gasteiger partial charge in [0.25, 0.3) is 0 Å². The third kappa shape index (κ3) is 3.41. The molecule has 0 aliphatic heterocycles. The molecular formula is C11H12BrNS2. The van der Waals surface area contributed by atoms with Crippen LogP contribution in [-0.2, 0) is 13.1 Å². The Balaban J connectivity index is 1.80. The summed E-state index contributed by atoms with van der Waals surface area (Å²) in [6, 6.07) is 8.61. The number of nitrogens with one attached hydrogen (secondary N) is 1. The minimum atomic E-state index is 0.952. The van der Waals surface area contributed by atoms with Crippen LogP contribution in [0.15, 0.2) is 28.1 Å². The molecule has 0 unspecified atom stereocenters. The predicted octanol–water partition coefficient (Wildman–Crippen LogP) is 4.17. The van der Waals surface area contributed by atoms with Crippen LogP contribution in [0.4, 0.5) is 0 Å². The number of thiophene rings is 2. The molecule has 2 heterocycles. The second kappa shape index (κ2) is 5.25. The summed E-state index contributed by atoms with van der Waals surface area (Å²) >= 11 is 7.11. The summed E-state index contributed by atoms with van der Waals surface area (Å²) in [6.45, 7) is 4.06. The van der Waals surface area contributed by atoms with E-state index in [-0.39, 0.29) is 0 Å². The average molecular weight is 302 g/mol. The molecule has 0 aliphatic carbocycles. The average Bonchev–Trinajstić information content (AvgIpc) is 2.76. The van der Waals surface area contributed by atoms with Gasteiger partial charge in [0.2, 0.25) is 0 Å². The van der Waals surface area contributed by atoms with Gasteiger partial charge in [-0.1, -0.05) is 0 Å². The third-order valence-corrected chi connectivity index (χ3v) is 4.65. The SMILES string of the molecule is Cc1ccc(CNCc2ccc(Br)s2)s1. The highest BCUT2D eigenvalue weighted by atomic mass is 79.9. The fourth-order valence-electron chi connectivity index (χ4n) is 1.34. The molecule has 0 aliphatic rings. The summed E-state index contributed by atoms with van der Waals surface area (Å²) < 4.78 is 1.20. The van der Waals surface area contributed by atoms with E-state index < -0.39 is 0 Å². The summed E-state index contributed by atoms with van der Waals surface area (Å²) in [5, 5.41) is 3.44. The highest BCUT2D eigenvalue weighted by Crippen LogP contribution is 2.22. The Labute approximate surface area is 106 Å². The quantitative estimate of drug-likeness (QED) is 0.894. The van der Waals surface area contributed by atoms with E-state index >= 15 is 0 Å². The number of hydrogen-bond acceptors (Lipinski definition) is 3. The molecule has 2 aromatic rings. The van der Waals surface area contributed by atoms with E-state index in [2.05, 4.69) is 52.4 Å². The monoisotopic (exact) mass is 301 g/mol. The fraction of sp³-hybridized carbons (Fsp3) is 0.273. The zero-order valence-corrected chi connectivity index (χ0v) is 11.6. The van der Waals surface area contributed by atoms with Gasteiger partial charge in [-0.25, -0.2) is 0 Å². The van der Waals surface area contributed by atoms with Crippen molar-refractivity contribution in [3.05, 3.63) is 42.7 Å². The maximum absolute atomic E-state index is 3.47. The Morgan fingerprint density at radius 1 is 1.07 bits per heavy atom. The molecule has 1 nitrogen and oxygen atoms in total. The van der Waals surface area contributed by atoms with Crippen molar-refractivity contribution in [2.45, 2.75) is 20.0 Å². The van der Waals surface area contributed by atoms with Crippen molar-refractivity contribution in [3.63, 3.8) is 0 Å². The maximum atomic E-state index is 3.47. The fourth-order valence-corrected chi connectivity index (χ4v) is 3.65. The van der Waals surface area contributed by atoms with E-state index in [4.69, 9.17) is 0 Å². The Kier molecular flexibility index (Phi) is 3.97. The van der Waals surface area contributed by atoms with Crippen LogP contribution in [0.1, 0.15) is 14.6 Å². The lowest BCUT2D eigenvalue weighted by atomic mass is 10.4. The third-order valence-electron chi connectivity index (χ3n) is 2.02. The number of hydrogen-bond donors (Lipinski definition) is 1. The Morgan fingerprint density at radius 2 is 1.73 bits per heavy atom. The summed E-state index contributed by atoms with van der Waals surface area (Å²) in [6.07, 6.45) is 0. The molecule has 0 fully saturated rings. The molecule has 80 valence electrons. The first-order chi connectivity index (χ1) is 7.24. The Morgan fingerprint density at radius 3 is 2.27 bits per heavy atom. The first-order valence-corrected chi connectivity index (χ1v) is 7.17. The van der Waals surface area contributed by atoms with Crippen LogP contribution in [0, 0.1) is 6.92 Å². The van der Waals surface area contributed by atoms with Crippen LogP contribution < -0.4 is 5.32 Å². The molecule has 2 aromatic heterocycles. The minimum Gasteiger partial charge on any atom is -0.307 e. The van der Waals surface area contributed by atoms with Gasteiger partial charge in [-0.15, -0.1) is 22.7 Å². The van der Waals surface area contributed by atoms with Crippen molar-refractivity contribution >= 4 is 38.6 Å². The molecule has 0 saturated carbocycles. The minimum absolute atomic E-state index is 0.952. The van der Waals surface area contributed by atoms with Gasteiger partial charge in [-0.3, -0.25) is 0 Å². The second-order valence-corrected chi connectivity index (χ2v) is 7.24. The van der Waals surface area contributed by atoms with Crippen molar-refractivity contribution in [2.24, 2.45) is 0 Å². The highest BCUT2D eigenvalue weighted by molar-refractivity contribution is 9.11. The largest absolute Gasteiger partial charge is 0.307 e. The summed E-state index contributed by atoms with van der Waals surface area (Å²) in [5.41, 5.74) is 0. The molecule has 0 aromatic carbocycles. The first kappa shape index (κ1) is 11.3. The smallest absolute Gasteiger partial charge is 0.0701 e. The lowest BCUT2D eigenvalue weighted by Crippen LogP contribution is -2.10. The zero-order chi connectivity index (χ0) is 10.7. The predicted molar refractivity (Wildman–Crippen MR) is 71.6 cm³/mol. The lowest BCUT2D eigenvalue weighted by molar-refractivity contribution is 0.709. The van der Waals surface area contributed by atoms with Crippen LogP contribution in [0.5, 0.6) is 0 Å². The van der Waals surface area contributed by atoms with Crippen molar-refractivity contribution in [1.29, 1.82) is 0 Å². The highest BCUT2D eigenvalue weighted by Gasteiger charge is 1.99. The number of halogens is 1.